The van der Waals surface area contributed by atoms with Gasteiger partial charge in [-0.15, -0.1) is 0 Å². The summed E-state index contributed by atoms with van der Waals surface area (Å²) in [7, 11) is 1.52. The molecular formula is C16H17ClN2O2. The first-order valence-corrected chi connectivity index (χ1v) is 7.57. The van der Waals surface area contributed by atoms with E-state index in [1.165, 1.54) is 7.11 Å². The average Bonchev–Trinajstić information content (AvgIpc) is 3.27. The van der Waals surface area contributed by atoms with Gasteiger partial charge in [0.2, 0.25) is 0 Å². The molecule has 0 spiro atoms. The summed E-state index contributed by atoms with van der Waals surface area (Å²) in [5, 5.41) is 10.0. The van der Waals surface area contributed by atoms with E-state index in [-0.39, 0.29) is 11.9 Å². The van der Waals surface area contributed by atoms with Gasteiger partial charge in [0.1, 0.15) is 11.3 Å². The minimum Gasteiger partial charge on any atom is -0.495 e. The van der Waals surface area contributed by atoms with E-state index in [9.17, 15) is 10.1 Å². The molecule has 0 N–H and O–H groups in total. The monoisotopic (exact) mass is 304 g/mol. The third-order valence-electron chi connectivity index (χ3n) is 4.38. The van der Waals surface area contributed by atoms with E-state index in [0.717, 1.165) is 32.1 Å². The SMILES string of the molecule is COc1cc(C(=O)N(C2CC2)C2(C#N)CCC2)ccc1Cl. The van der Waals surface area contributed by atoms with Gasteiger partial charge in [-0.2, -0.15) is 5.26 Å². The highest BCUT2D eigenvalue weighted by Crippen LogP contribution is 2.44. The van der Waals surface area contributed by atoms with Crippen LogP contribution < -0.4 is 4.74 Å². The van der Waals surface area contributed by atoms with Crippen LogP contribution in [0.3, 0.4) is 0 Å². The van der Waals surface area contributed by atoms with Gasteiger partial charge in [-0.1, -0.05) is 11.6 Å². The fraction of sp³-hybridized carbons (Fsp3) is 0.500. The Morgan fingerprint density at radius 3 is 2.67 bits per heavy atom. The van der Waals surface area contributed by atoms with Gasteiger partial charge in [0.15, 0.2) is 0 Å². The summed E-state index contributed by atoms with van der Waals surface area (Å²) in [4.78, 5) is 14.7. The number of rotatable bonds is 4. The zero-order valence-electron chi connectivity index (χ0n) is 11.9. The van der Waals surface area contributed by atoms with Gasteiger partial charge in [-0.25, -0.2) is 0 Å². The van der Waals surface area contributed by atoms with Gasteiger partial charge in [0.05, 0.1) is 18.2 Å². The van der Waals surface area contributed by atoms with Gasteiger partial charge >= 0.3 is 0 Å². The van der Waals surface area contributed by atoms with E-state index in [1.807, 2.05) is 0 Å². The van der Waals surface area contributed by atoms with Gasteiger partial charge in [-0.05, 0) is 50.3 Å². The molecule has 0 bridgehead atoms. The number of benzene rings is 1. The molecular weight excluding hydrogens is 288 g/mol. The van der Waals surface area contributed by atoms with E-state index < -0.39 is 5.54 Å². The second kappa shape index (κ2) is 5.23. The Morgan fingerprint density at radius 2 is 2.19 bits per heavy atom. The highest BCUT2D eigenvalue weighted by molar-refractivity contribution is 6.32. The predicted molar refractivity (Wildman–Crippen MR) is 79.4 cm³/mol. The average molecular weight is 305 g/mol. The summed E-state index contributed by atoms with van der Waals surface area (Å²) >= 11 is 6.01. The van der Waals surface area contributed by atoms with Gasteiger partial charge in [0.25, 0.3) is 5.91 Å². The smallest absolute Gasteiger partial charge is 0.255 e. The van der Waals surface area contributed by atoms with Crippen LogP contribution in [0.25, 0.3) is 0 Å². The van der Waals surface area contributed by atoms with Crippen molar-refractivity contribution < 1.29 is 9.53 Å². The number of amides is 1. The van der Waals surface area contributed by atoms with Crippen LogP contribution in [0, 0.1) is 11.3 Å². The maximum atomic E-state index is 12.9. The van der Waals surface area contributed by atoms with Gasteiger partial charge < -0.3 is 9.64 Å². The molecule has 0 aliphatic heterocycles. The Balaban J connectivity index is 1.93. The lowest BCUT2D eigenvalue weighted by Gasteiger charge is -2.45. The highest BCUT2D eigenvalue weighted by atomic mass is 35.5. The molecule has 0 unspecified atom stereocenters. The van der Waals surface area contributed by atoms with E-state index in [4.69, 9.17) is 16.3 Å². The Labute approximate surface area is 129 Å². The molecule has 1 amide bonds. The Morgan fingerprint density at radius 1 is 1.48 bits per heavy atom. The maximum absolute atomic E-state index is 12.9. The van der Waals surface area contributed by atoms with Crippen molar-refractivity contribution in [1.29, 1.82) is 5.26 Å². The first kappa shape index (κ1) is 14.2. The van der Waals surface area contributed by atoms with Crippen LogP contribution in [-0.2, 0) is 0 Å². The second-order valence-corrected chi connectivity index (χ2v) is 6.16. The first-order chi connectivity index (χ1) is 10.1. The summed E-state index contributed by atoms with van der Waals surface area (Å²) in [5.74, 6) is 0.395. The molecule has 21 heavy (non-hydrogen) atoms. The van der Waals surface area contributed by atoms with Crippen molar-refractivity contribution in [2.45, 2.75) is 43.7 Å². The van der Waals surface area contributed by atoms with Crippen LogP contribution >= 0.6 is 11.6 Å². The van der Waals surface area contributed by atoms with Crippen LogP contribution in [0.1, 0.15) is 42.5 Å². The summed E-state index contributed by atoms with van der Waals surface area (Å²) in [6, 6.07) is 7.60. The van der Waals surface area contributed by atoms with Gasteiger partial charge in [0, 0.05) is 11.6 Å². The first-order valence-electron chi connectivity index (χ1n) is 7.20. The number of nitrogens with zero attached hydrogens (tertiary/aromatic N) is 2. The molecule has 0 heterocycles. The molecule has 2 saturated carbocycles. The molecule has 3 rings (SSSR count). The molecule has 2 fully saturated rings. The molecule has 2 aliphatic rings. The lowest BCUT2D eigenvalue weighted by atomic mass is 9.76. The van der Waals surface area contributed by atoms with Crippen LogP contribution in [0.5, 0.6) is 5.75 Å². The van der Waals surface area contributed by atoms with Crippen molar-refractivity contribution in [2.75, 3.05) is 7.11 Å². The molecule has 2 aliphatic carbocycles. The van der Waals surface area contributed by atoms with Crippen molar-refractivity contribution in [1.82, 2.24) is 4.90 Å². The molecule has 0 saturated heterocycles. The molecule has 0 atom stereocenters. The quantitative estimate of drug-likeness (QED) is 0.856. The topological polar surface area (TPSA) is 53.3 Å². The van der Waals surface area contributed by atoms with Crippen molar-refractivity contribution in [3.63, 3.8) is 0 Å². The molecule has 5 heteroatoms. The zero-order valence-corrected chi connectivity index (χ0v) is 12.7. The number of hydrogen-bond acceptors (Lipinski definition) is 3. The maximum Gasteiger partial charge on any atom is 0.255 e. The molecule has 1 aromatic carbocycles. The molecule has 4 nitrogen and oxygen atoms in total. The minimum absolute atomic E-state index is 0.0892. The number of hydrogen-bond donors (Lipinski definition) is 0. The molecule has 1 aromatic rings. The van der Waals surface area contributed by atoms with E-state index in [1.54, 1.807) is 23.1 Å². The number of halogens is 1. The highest BCUT2D eigenvalue weighted by Gasteiger charge is 2.51. The van der Waals surface area contributed by atoms with Crippen LogP contribution in [0.15, 0.2) is 18.2 Å². The third kappa shape index (κ3) is 2.36. The summed E-state index contributed by atoms with van der Waals surface area (Å²) in [6.07, 6.45) is 4.53. The van der Waals surface area contributed by atoms with E-state index in [2.05, 4.69) is 6.07 Å². The molecule has 0 radical (unpaired) electrons. The van der Waals surface area contributed by atoms with Crippen LogP contribution in [0.4, 0.5) is 0 Å². The summed E-state index contributed by atoms with van der Waals surface area (Å²) in [5.41, 5.74) is -0.0739. The fourth-order valence-corrected chi connectivity index (χ4v) is 3.09. The number of methoxy groups -OCH3 is 1. The van der Waals surface area contributed by atoms with Crippen molar-refractivity contribution >= 4 is 17.5 Å². The van der Waals surface area contributed by atoms with E-state index in [0.29, 0.717) is 16.3 Å². The zero-order chi connectivity index (χ0) is 15.0. The Kier molecular flexibility index (Phi) is 3.54. The van der Waals surface area contributed by atoms with Gasteiger partial charge in [-0.3, -0.25) is 4.79 Å². The lowest BCUT2D eigenvalue weighted by Crippen LogP contribution is -2.56. The molecule has 110 valence electrons. The number of carbonyl (C=O) groups is 1. The van der Waals surface area contributed by atoms with Crippen LogP contribution in [-0.4, -0.2) is 29.5 Å². The Hall–Kier alpha value is -1.73. The number of ether oxygens (including phenoxy) is 1. The summed E-state index contributed by atoms with van der Waals surface area (Å²) in [6.45, 7) is 0. The van der Waals surface area contributed by atoms with Crippen LogP contribution in [0.2, 0.25) is 5.02 Å². The fourth-order valence-electron chi connectivity index (χ4n) is 2.89. The largest absolute Gasteiger partial charge is 0.495 e. The third-order valence-corrected chi connectivity index (χ3v) is 4.69. The van der Waals surface area contributed by atoms with E-state index >= 15 is 0 Å². The minimum atomic E-state index is -0.606. The molecule has 0 aromatic heterocycles. The Bertz CT molecular complexity index is 615. The standard InChI is InChI=1S/C16H17ClN2O2/c1-21-14-9-11(3-6-13(14)17)15(20)19(12-4-5-12)16(10-18)7-2-8-16/h3,6,9,12H,2,4-5,7-8H2,1H3. The van der Waals surface area contributed by atoms with Crippen molar-refractivity contribution in [3.05, 3.63) is 28.8 Å². The van der Waals surface area contributed by atoms with Crippen molar-refractivity contribution in [2.24, 2.45) is 0 Å². The number of nitriles is 1. The number of carbonyl (C=O) groups excluding carboxylic acids is 1. The predicted octanol–water partition coefficient (Wildman–Crippen LogP) is 3.40. The van der Waals surface area contributed by atoms with Crippen molar-refractivity contribution in [3.8, 4) is 11.8 Å². The normalized spacial score (nSPS) is 19.3. The summed E-state index contributed by atoms with van der Waals surface area (Å²) < 4.78 is 5.18. The lowest BCUT2D eigenvalue weighted by molar-refractivity contribution is 0.0361. The second-order valence-electron chi connectivity index (χ2n) is 5.75.